The summed E-state index contributed by atoms with van der Waals surface area (Å²) in [5.41, 5.74) is 0.544. The first-order valence-electron chi connectivity index (χ1n) is 5.48. The van der Waals surface area contributed by atoms with Crippen LogP contribution in [0.3, 0.4) is 0 Å². The molecule has 0 aliphatic heterocycles. The Hall–Kier alpha value is -1.43. The van der Waals surface area contributed by atoms with E-state index < -0.39 is 11.0 Å². The standard InChI is InChI=1S/C10H15N3O3/c1-7-6-12(11-10(7)13(15)16)8-4-2-3-5-9(8)14/h6,8-9,14H,2-5H2,1H3/t8-,9-/m1/s1. The molecule has 16 heavy (non-hydrogen) atoms. The Labute approximate surface area is 93.0 Å². The third kappa shape index (κ3) is 1.92. The fourth-order valence-electron chi connectivity index (χ4n) is 2.22. The molecule has 0 unspecified atom stereocenters. The summed E-state index contributed by atoms with van der Waals surface area (Å²) >= 11 is 0. The Kier molecular flexibility index (Phi) is 2.91. The lowest BCUT2D eigenvalue weighted by atomic mass is 9.93. The Morgan fingerprint density at radius 1 is 1.56 bits per heavy atom. The summed E-state index contributed by atoms with van der Waals surface area (Å²) < 4.78 is 1.55. The zero-order valence-corrected chi connectivity index (χ0v) is 9.17. The second kappa shape index (κ2) is 4.21. The van der Waals surface area contributed by atoms with E-state index in [0.717, 1.165) is 25.7 Å². The monoisotopic (exact) mass is 225 g/mol. The highest BCUT2D eigenvalue weighted by Crippen LogP contribution is 2.29. The lowest BCUT2D eigenvalue weighted by Gasteiger charge is -2.25. The highest BCUT2D eigenvalue weighted by atomic mass is 16.6. The van der Waals surface area contributed by atoms with Crippen LogP contribution in [0, 0.1) is 17.0 Å². The molecule has 1 saturated carbocycles. The van der Waals surface area contributed by atoms with E-state index in [1.807, 2.05) is 0 Å². The maximum Gasteiger partial charge on any atom is 0.392 e. The molecule has 0 bridgehead atoms. The Morgan fingerprint density at radius 2 is 2.25 bits per heavy atom. The fraction of sp³-hybridized carbons (Fsp3) is 0.700. The maximum absolute atomic E-state index is 10.7. The molecule has 0 radical (unpaired) electrons. The van der Waals surface area contributed by atoms with Gasteiger partial charge in [-0.15, -0.1) is 0 Å². The van der Waals surface area contributed by atoms with Crippen LogP contribution in [0.5, 0.6) is 0 Å². The summed E-state index contributed by atoms with van der Waals surface area (Å²) in [5.74, 6) is -0.113. The highest BCUT2D eigenvalue weighted by molar-refractivity contribution is 5.28. The van der Waals surface area contributed by atoms with Crippen LogP contribution in [-0.4, -0.2) is 25.9 Å². The van der Waals surface area contributed by atoms with Gasteiger partial charge in [-0.1, -0.05) is 12.8 Å². The molecule has 2 rings (SSSR count). The minimum atomic E-state index is -0.485. The van der Waals surface area contributed by atoms with Gasteiger partial charge in [0.25, 0.3) is 0 Å². The Morgan fingerprint density at radius 3 is 2.81 bits per heavy atom. The molecule has 1 aromatic heterocycles. The first-order valence-corrected chi connectivity index (χ1v) is 5.48. The number of rotatable bonds is 2. The summed E-state index contributed by atoms with van der Waals surface area (Å²) in [5, 5.41) is 24.4. The lowest BCUT2D eigenvalue weighted by Crippen LogP contribution is -2.27. The molecule has 0 spiro atoms. The van der Waals surface area contributed by atoms with Gasteiger partial charge >= 0.3 is 5.82 Å². The van der Waals surface area contributed by atoms with E-state index in [9.17, 15) is 15.2 Å². The van der Waals surface area contributed by atoms with Crippen LogP contribution < -0.4 is 0 Å². The van der Waals surface area contributed by atoms with Crippen molar-refractivity contribution in [1.82, 2.24) is 9.78 Å². The molecular formula is C10H15N3O3. The molecule has 88 valence electrons. The highest BCUT2D eigenvalue weighted by Gasteiger charge is 2.29. The van der Waals surface area contributed by atoms with Crippen molar-refractivity contribution in [1.29, 1.82) is 0 Å². The molecule has 1 fully saturated rings. The van der Waals surface area contributed by atoms with Crippen LogP contribution in [0.15, 0.2) is 6.20 Å². The molecule has 6 heteroatoms. The van der Waals surface area contributed by atoms with E-state index in [-0.39, 0.29) is 11.9 Å². The van der Waals surface area contributed by atoms with E-state index in [1.165, 1.54) is 0 Å². The van der Waals surface area contributed by atoms with E-state index >= 15 is 0 Å². The van der Waals surface area contributed by atoms with Gasteiger partial charge in [-0.25, -0.2) is 0 Å². The number of nitrogens with zero attached hydrogens (tertiary/aromatic N) is 3. The zero-order chi connectivity index (χ0) is 11.7. The Bertz CT molecular complexity index is 402. The topological polar surface area (TPSA) is 81.2 Å². The minimum Gasteiger partial charge on any atom is -0.391 e. The quantitative estimate of drug-likeness (QED) is 0.612. The summed E-state index contributed by atoms with van der Waals surface area (Å²) in [6, 6.07) is -0.110. The van der Waals surface area contributed by atoms with Crippen molar-refractivity contribution in [2.45, 2.75) is 44.8 Å². The second-order valence-electron chi connectivity index (χ2n) is 4.29. The molecule has 1 aliphatic rings. The molecule has 1 heterocycles. The SMILES string of the molecule is Cc1cn([C@@H]2CCCC[C@H]2O)nc1[N+](=O)[O-]. The number of aryl methyl sites for hydroxylation is 1. The first-order chi connectivity index (χ1) is 7.59. The molecule has 2 atom stereocenters. The first kappa shape index (κ1) is 11.1. The number of hydrogen-bond acceptors (Lipinski definition) is 4. The molecular weight excluding hydrogens is 210 g/mol. The number of aromatic nitrogens is 2. The summed E-state index contributed by atoms with van der Waals surface area (Å²) in [6.45, 7) is 1.66. The van der Waals surface area contributed by atoms with Gasteiger partial charge in [0.15, 0.2) is 0 Å². The maximum atomic E-state index is 10.7. The third-order valence-corrected chi connectivity index (χ3v) is 3.10. The van der Waals surface area contributed by atoms with E-state index in [2.05, 4.69) is 5.10 Å². The molecule has 0 saturated heterocycles. The predicted octanol–water partition coefficient (Wildman–Crippen LogP) is 1.58. The number of nitro groups is 1. The van der Waals surface area contributed by atoms with Gasteiger partial charge in [0.2, 0.25) is 0 Å². The van der Waals surface area contributed by atoms with Gasteiger partial charge in [-0.3, -0.25) is 0 Å². The van der Waals surface area contributed by atoms with Crippen molar-refractivity contribution in [3.05, 3.63) is 21.9 Å². The van der Waals surface area contributed by atoms with Gasteiger partial charge in [0, 0.05) is 0 Å². The van der Waals surface area contributed by atoms with Gasteiger partial charge in [0.05, 0.1) is 29.0 Å². The van der Waals surface area contributed by atoms with Gasteiger partial charge in [-0.05, 0) is 24.7 Å². The van der Waals surface area contributed by atoms with E-state index in [1.54, 1.807) is 17.8 Å². The van der Waals surface area contributed by atoms with Crippen LogP contribution in [0.4, 0.5) is 5.82 Å². The van der Waals surface area contributed by atoms with Gasteiger partial charge in [-0.2, -0.15) is 4.68 Å². The molecule has 1 N–H and O–H groups in total. The van der Waals surface area contributed by atoms with Crippen molar-refractivity contribution >= 4 is 5.82 Å². The average Bonchev–Trinajstić information content (AvgIpc) is 2.61. The van der Waals surface area contributed by atoms with Crippen LogP contribution in [-0.2, 0) is 0 Å². The normalized spacial score (nSPS) is 25.6. The smallest absolute Gasteiger partial charge is 0.391 e. The van der Waals surface area contributed by atoms with Gasteiger partial charge in [0.1, 0.15) is 0 Å². The van der Waals surface area contributed by atoms with Crippen molar-refractivity contribution in [3.8, 4) is 0 Å². The molecule has 6 nitrogen and oxygen atoms in total. The van der Waals surface area contributed by atoms with Crippen molar-refractivity contribution in [3.63, 3.8) is 0 Å². The van der Waals surface area contributed by atoms with Crippen molar-refractivity contribution in [2.24, 2.45) is 0 Å². The van der Waals surface area contributed by atoms with E-state index in [4.69, 9.17) is 0 Å². The van der Waals surface area contributed by atoms with E-state index in [0.29, 0.717) is 5.56 Å². The zero-order valence-electron chi connectivity index (χ0n) is 9.17. The molecule has 1 aromatic rings. The molecule has 0 aromatic carbocycles. The number of aliphatic hydroxyl groups is 1. The summed E-state index contributed by atoms with van der Waals surface area (Å²) in [6.07, 6.45) is 4.84. The average molecular weight is 225 g/mol. The largest absolute Gasteiger partial charge is 0.392 e. The lowest BCUT2D eigenvalue weighted by molar-refractivity contribution is -0.390. The van der Waals surface area contributed by atoms with Crippen LogP contribution in [0.1, 0.15) is 37.3 Å². The van der Waals surface area contributed by atoms with Gasteiger partial charge < -0.3 is 15.2 Å². The van der Waals surface area contributed by atoms with Crippen LogP contribution in [0.25, 0.3) is 0 Å². The minimum absolute atomic E-state index is 0.110. The number of hydrogen-bond donors (Lipinski definition) is 1. The Balaban J connectivity index is 2.26. The van der Waals surface area contributed by atoms with Crippen molar-refractivity contribution < 1.29 is 10.0 Å². The molecule has 1 aliphatic carbocycles. The summed E-state index contributed by atoms with van der Waals surface area (Å²) in [4.78, 5) is 10.2. The third-order valence-electron chi connectivity index (χ3n) is 3.10. The number of aliphatic hydroxyl groups excluding tert-OH is 1. The summed E-state index contributed by atoms with van der Waals surface area (Å²) in [7, 11) is 0. The second-order valence-corrected chi connectivity index (χ2v) is 4.29. The van der Waals surface area contributed by atoms with Crippen LogP contribution in [0.2, 0.25) is 0 Å². The predicted molar refractivity (Wildman–Crippen MR) is 57.1 cm³/mol. The van der Waals surface area contributed by atoms with Crippen molar-refractivity contribution in [2.75, 3.05) is 0 Å². The molecule has 0 amide bonds. The fourth-order valence-corrected chi connectivity index (χ4v) is 2.22. The van der Waals surface area contributed by atoms with Crippen LogP contribution >= 0.6 is 0 Å².